The molecule has 2 aromatic rings. The van der Waals surface area contributed by atoms with E-state index in [1.165, 1.54) is 12.3 Å². The standard InChI is InChI=1S/C13H13N3O5/c1-13(2)19-9(12(18)20-13)5-10-15-11(16-21-10)8-4-3-7(17)6-14-8/h3-4,6,9,17H,5H2,1-2H3. The molecule has 0 bridgehead atoms. The minimum absolute atomic E-state index is 0.0480. The smallest absolute Gasteiger partial charge is 0.338 e. The van der Waals surface area contributed by atoms with Crippen molar-refractivity contribution in [1.82, 2.24) is 15.1 Å². The molecular weight excluding hydrogens is 278 g/mol. The first-order valence-corrected chi connectivity index (χ1v) is 6.31. The van der Waals surface area contributed by atoms with E-state index in [1.54, 1.807) is 19.9 Å². The molecule has 1 unspecified atom stereocenters. The highest BCUT2D eigenvalue weighted by atomic mass is 16.8. The summed E-state index contributed by atoms with van der Waals surface area (Å²) >= 11 is 0. The van der Waals surface area contributed by atoms with Crippen LogP contribution >= 0.6 is 0 Å². The van der Waals surface area contributed by atoms with Crippen LogP contribution in [0.15, 0.2) is 22.9 Å². The summed E-state index contributed by atoms with van der Waals surface area (Å²) in [6.45, 7) is 3.31. The number of aromatic hydroxyl groups is 1. The van der Waals surface area contributed by atoms with Crippen LogP contribution in [0.1, 0.15) is 19.7 Å². The molecule has 0 saturated carbocycles. The van der Waals surface area contributed by atoms with Crippen LogP contribution in [0.4, 0.5) is 0 Å². The lowest BCUT2D eigenvalue weighted by atomic mass is 10.2. The molecule has 2 aromatic heterocycles. The Labute approximate surface area is 119 Å². The first kappa shape index (κ1) is 13.5. The van der Waals surface area contributed by atoms with E-state index >= 15 is 0 Å². The predicted molar refractivity (Wildman–Crippen MR) is 67.9 cm³/mol. The normalized spacial score (nSPS) is 20.5. The van der Waals surface area contributed by atoms with Gasteiger partial charge in [-0.25, -0.2) is 9.78 Å². The van der Waals surface area contributed by atoms with Crippen LogP contribution in [0.2, 0.25) is 0 Å². The lowest BCUT2D eigenvalue weighted by Crippen LogP contribution is -2.22. The second kappa shape index (κ2) is 4.81. The number of esters is 1. The average Bonchev–Trinajstić information content (AvgIpc) is 2.96. The molecule has 0 radical (unpaired) electrons. The highest BCUT2D eigenvalue weighted by Gasteiger charge is 2.41. The average molecular weight is 291 g/mol. The van der Waals surface area contributed by atoms with Gasteiger partial charge in [0.05, 0.1) is 12.6 Å². The van der Waals surface area contributed by atoms with Crippen molar-refractivity contribution in [3.63, 3.8) is 0 Å². The van der Waals surface area contributed by atoms with Gasteiger partial charge >= 0.3 is 5.97 Å². The van der Waals surface area contributed by atoms with Gasteiger partial charge < -0.3 is 19.1 Å². The molecule has 0 amide bonds. The van der Waals surface area contributed by atoms with Crippen LogP contribution in [0, 0.1) is 0 Å². The summed E-state index contributed by atoms with van der Waals surface area (Å²) in [5, 5.41) is 13.0. The first-order chi connectivity index (χ1) is 9.93. The van der Waals surface area contributed by atoms with Crippen molar-refractivity contribution in [2.45, 2.75) is 32.2 Å². The maximum Gasteiger partial charge on any atom is 0.338 e. The van der Waals surface area contributed by atoms with Crippen LogP contribution < -0.4 is 0 Å². The molecule has 1 aliphatic rings. The van der Waals surface area contributed by atoms with Gasteiger partial charge in [-0.05, 0) is 12.1 Å². The van der Waals surface area contributed by atoms with Crippen LogP contribution in [-0.2, 0) is 20.7 Å². The monoisotopic (exact) mass is 291 g/mol. The Bertz CT molecular complexity index is 665. The minimum atomic E-state index is -0.941. The largest absolute Gasteiger partial charge is 0.506 e. The summed E-state index contributed by atoms with van der Waals surface area (Å²) in [7, 11) is 0. The van der Waals surface area contributed by atoms with E-state index in [0.29, 0.717) is 5.69 Å². The van der Waals surface area contributed by atoms with E-state index in [0.717, 1.165) is 0 Å². The van der Waals surface area contributed by atoms with Gasteiger partial charge in [0.1, 0.15) is 11.4 Å². The maximum absolute atomic E-state index is 11.6. The number of carbonyl (C=O) groups excluding carboxylic acids is 1. The fraction of sp³-hybridized carbons (Fsp3) is 0.385. The molecule has 0 aromatic carbocycles. The quantitative estimate of drug-likeness (QED) is 0.836. The summed E-state index contributed by atoms with van der Waals surface area (Å²) in [6.07, 6.45) is 0.652. The van der Waals surface area contributed by atoms with Crippen LogP contribution in [0.25, 0.3) is 11.5 Å². The minimum Gasteiger partial charge on any atom is -0.506 e. The topological polar surface area (TPSA) is 108 Å². The third-order valence-corrected chi connectivity index (χ3v) is 2.84. The fourth-order valence-electron chi connectivity index (χ4n) is 1.97. The van der Waals surface area contributed by atoms with Crippen molar-refractivity contribution >= 4 is 5.97 Å². The molecule has 110 valence electrons. The molecule has 1 N–H and O–H groups in total. The van der Waals surface area contributed by atoms with Crippen molar-refractivity contribution in [2.24, 2.45) is 0 Å². The van der Waals surface area contributed by atoms with Crippen LogP contribution in [0.5, 0.6) is 5.75 Å². The highest BCUT2D eigenvalue weighted by molar-refractivity contribution is 5.76. The molecule has 0 spiro atoms. The van der Waals surface area contributed by atoms with E-state index in [-0.39, 0.29) is 23.9 Å². The van der Waals surface area contributed by atoms with E-state index in [2.05, 4.69) is 15.1 Å². The molecule has 0 aliphatic carbocycles. The number of pyridine rings is 1. The van der Waals surface area contributed by atoms with Crippen LogP contribution in [-0.4, -0.2) is 38.1 Å². The van der Waals surface area contributed by atoms with Gasteiger partial charge in [0.25, 0.3) is 0 Å². The maximum atomic E-state index is 11.6. The number of cyclic esters (lactones) is 1. The molecule has 1 saturated heterocycles. The van der Waals surface area contributed by atoms with Gasteiger partial charge in [-0.3, -0.25) is 0 Å². The van der Waals surface area contributed by atoms with Crippen molar-refractivity contribution in [1.29, 1.82) is 0 Å². The lowest BCUT2D eigenvalue weighted by Gasteiger charge is -2.14. The summed E-state index contributed by atoms with van der Waals surface area (Å²) in [6, 6.07) is 3.03. The zero-order valence-electron chi connectivity index (χ0n) is 11.4. The molecule has 1 atom stereocenters. The molecule has 8 heteroatoms. The van der Waals surface area contributed by atoms with E-state index in [9.17, 15) is 9.90 Å². The van der Waals surface area contributed by atoms with Crippen LogP contribution in [0.3, 0.4) is 0 Å². The van der Waals surface area contributed by atoms with Gasteiger partial charge in [0.2, 0.25) is 17.5 Å². The Morgan fingerprint density at radius 1 is 1.38 bits per heavy atom. The van der Waals surface area contributed by atoms with Crippen molar-refractivity contribution < 1.29 is 23.9 Å². The SMILES string of the molecule is CC1(C)OC(=O)C(Cc2nc(-c3ccc(O)cn3)no2)O1. The molecule has 3 rings (SSSR count). The molecule has 3 heterocycles. The van der Waals surface area contributed by atoms with E-state index < -0.39 is 17.9 Å². The zero-order valence-corrected chi connectivity index (χ0v) is 11.4. The van der Waals surface area contributed by atoms with Crippen molar-refractivity contribution in [3.8, 4) is 17.3 Å². The summed E-state index contributed by atoms with van der Waals surface area (Å²) < 4.78 is 15.6. The highest BCUT2D eigenvalue weighted by Crippen LogP contribution is 2.26. The molecular formula is C13H13N3O5. The molecule has 8 nitrogen and oxygen atoms in total. The van der Waals surface area contributed by atoms with Gasteiger partial charge in [-0.15, -0.1) is 0 Å². The number of hydrogen-bond acceptors (Lipinski definition) is 8. The summed E-state index contributed by atoms with van der Waals surface area (Å²) in [4.78, 5) is 19.8. The Kier molecular flexibility index (Phi) is 3.09. The number of carbonyl (C=O) groups is 1. The van der Waals surface area contributed by atoms with E-state index in [1.807, 2.05) is 0 Å². The Morgan fingerprint density at radius 3 is 2.81 bits per heavy atom. The second-order valence-electron chi connectivity index (χ2n) is 5.04. The van der Waals surface area contributed by atoms with Crippen molar-refractivity contribution in [3.05, 3.63) is 24.2 Å². The number of ether oxygens (including phenoxy) is 2. The number of nitrogens with zero attached hydrogens (tertiary/aromatic N) is 3. The fourth-order valence-corrected chi connectivity index (χ4v) is 1.97. The number of hydrogen-bond donors (Lipinski definition) is 1. The van der Waals surface area contributed by atoms with Gasteiger partial charge in [-0.2, -0.15) is 4.98 Å². The summed E-state index contributed by atoms with van der Waals surface area (Å²) in [5.74, 6) is -0.826. The van der Waals surface area contributed by atoms with Gasteiger partial charge in [0.15, 0.2) is 6.10 Å². The number of aromatic nitrogens is 3. The Balaban J connectivity index is 1.74. The molecule has 21 heavy (non-hydrogen) atoms. The van der Waals surface area contributed by atoms with Crippen molar-refractivity contribution in [2.75, 3.05) is 0 Å². The molecule has 1 aliphatic heterocycles. The van der Waals surface area contributed by atoms with E-state index in [4.69, 9.17) is 14.0 Å². The second-order valence-corrected chi connectivity index (χ2v) is 5.04. The lowest BCUT2D eigenvalue weighted by molar-refractivity contribution is -0.160. The Morgan fingerprint density at radius 2 is 2.19 bits per heavy atom. The van der Waals surface area contributed by atoms with Gasteiger partial charge in [-0.1, -0.05) is 5.16 Å². The van der Waals surface area contributed by atoms with Gasteiger partial charge in [0, 0.05) is 13.8 Å². The first-order valence-electron chi connectivity index (χ1n) is 6.31. The summed E-state index contributed by atoms with van der Waals surface area (Å²) in [5.41, 5.74) is 0.457. The molecule has 1 fully saturated rings. The zero-order chi connectivity index (χ0) is 15.0. The Hall–Kier alpha value is -2.48. The third kappa shape index (κ3) is 2.84. The predicted octanol–water partition coefficient (Wildman–Crippen LogP) is 1.06. The third-order valence-electron chi connectivity index (χ3n) is 2.84. The number of rotatable bonds is 3.